The van der Waals surface area contributed by atoms with Crippen LogP contribution in [0.2, 0.25) is 0 Å². The van der Waals surface area contributed by atoms with Crippen molar-refractivity contribution in [3.63, 3.8) is 0 Å². The molecule has 0 unspecified atom stereocenters. The van der Waals surface area contributed by atoms with Crippen LogP contribution in [-0.4, -0.2) is 90.7 Å². The van der Waals surface area contributed by atoms with E-state index in [4.69, 9.17) is 4.42 Å². The summed E-state index contributed by atoms with van der Waals surface area (Å²) in [6.07, 6.45) is 3.52. The first-order valence-corrected chi connectivity index (χ1v) is 15.9. The third kappa shape index (κ3) is 7.45. The quantitative estimate of drug-likeness (QED) is 0.149. The van der Waals surface area contributed by atoms with Gasteiger partial charge in [-0.05, 0) is 54.9 Å². The predicted molar refractivity (Wildman–Crippen MR) is 189 cm³/mol. The molecule has 0 spiro atoms. The summed E-state index contributed by atoms with van der Waals surface area (Å²) in [5.41, 5.74) is 5.74. The highest BCUT2D eigenvalue weighted by Crippen LogP contribution is 2.44. The van der Waals surface area contributed by atoms with Crippen LogP contribution in [0.25, 0.3) is 33.6 Å². The van der Waals surface area contributed by atoms with Crippen molar-refractivity contribution in [3.8, 4) is 28.2 Å². The van der Waals surface area contributed by atoms with Crippen LogP contribution >= 0.6 is 0 Å². The van der Waals surface area contributed by atoms with E-state index in [1.54, 1.807) is 12.1 Å². The molecular weight excluding hydrogens is 590 g/mol. The molecule has 1 aliphatic heterocycles. The Bertz CT molecular complexity index is 1830. The molecule has 0 aliphatic carbocycles. The lowest BCUT2D eigenvalue weighted by atomic mass is 9.98. The zero-order valence-electron chi connectivity index (χ0n) is 26.9. The lowest BCUT2D eigenvalue weighted by molar-refractivity contribution is -0.111. The van der Waals surface area contributed by atoms with Gasteiger partial charge in [-0.1, -0.05) is 55.1 Å². The Morgan fingerprint density at radius 1 is 1.02 bits per heavy atom. The lowest BCUT2D eigenvalue weighted by Gasteiger charge is -2.34. The molecule has 0 radical (unpaired) electrons. The van der Waals surface area contributed by atoms with Gasteiger partial charge in [0.1, 0.15) is 23.7 Å². The Hall–Kier alpha value is -5.19. The maximum Gasteiger partial charge on any atom is 0.247 e. The fraction of sp³-hybridized carbons (Fsp3) is 0.270. The minimum atomic E-state index is -0.281. The molecule has 0 atom stereocenters. The molecule has 3 aromatic carbocycles. The molecule has 1 aliphatic rings. The van der Waals surface area contributed by atoms with Gasteiger partial charge < -0.3 is 30.0 Å². The number of amides is 1. The first-order valence-electron chi connectivity index (χ1n) is 15.9. The van der Waals surface area contributed by atoms with E-state index < -0.39 is 0 Å². The summed E-state index contributed by atoms with van der Waals surface area (Å²) in [5.74, 6) is 1.28. The number of nitrogens with one attached hydrogen (secondary N) is 2. The number of carbonyl (C=O) groups excluding carboxylic acids is 1. The van der Waals surface area contributed by atoms with Crippen molar-refractivity contribution in [2.45, 2.75) is 6.42 Å². The van der Waals surface area contributed by atoms with E-state index >= 15 is 0 Å². The number of carbonyl (C=O) groups is 1. The standard InChI is InChI=1S/C37H41N7O3/c1-4-32(46)41-30-24-28(12-15-31(30)43(3)20-23-44-21-18-42(2)19-22-44)33-34-36(38-17-16-26-10-13-29(45)14-11-26)39-25-40-37(34)47-35(33)27-8-6-5-7-9-27/h4-15,24-25,45H,1,16-23H2,2-3H3,(H,41,46)(H,38,39,40). The summed E-state index contributed by atoms with van der Waals surface area (Å²) >= 11 is 0. The molecule has 47 heavy (non-hydrogen) atoms. The van der Waals surface area contributed by atoms with Crippen molar-refractivity contribution in [2.24, 2.45) is 0 Å². The van der Waals surface area contributed by atoms with Crippen LogP contribution in [0.3, 0.4) is 0 Å². The molecule has 1 fully saturated rings. The number of piperazine rings is 1. The van der Waals surface area contributed by atoms with Gasteiger partial charge in [-0.2, -0.15) is 0 Å². The summed E-state index contributed by atoms with van der Waals surface area (Å²) in [6.45, 7) is 10.3. The largest absolute Gasteiger partial charge is 0.508 e. The van der Waals surface area contributed by atoms with Crippen molar-refractivity contribution in [1.29, 1.82) is 0 Å². The van der Waals surface area contributed by atoms with E-state index in [0.717, 1.165) is 79.0 Å². The highest BCUT2D eigenvalue weighted by atomic mass is 16.3. The second-order valence-corrected chi connectivity index (χ2v) is 11.9. The van der Waals surface area contributed by atoms with E-state index in [0.29, 0.717) is 29.5 Å². The molecule has 10 nitrogen and oxygen atoms in total. The number of aromatic hydroxyl groups is 1. The van der Waals surface area contributed by atoms with E-state index in [1.807, 2.05) is 54.6 Å². The first-order chi connectivity index (χ1) is 22.9. The minimum Gasteiger partial charge on any atom is -0.508 e. The fourth-order valence-electron chi connectivity index (χ4n) is 5.92. The summed E-state index contributed by atoms with van der Waals surface area (Å²) in [5, 5.41) is 17.0. The first kappa shape index (κ1) is 31.8. The number of hydrogen-bond acceptors (Lipinski definition) is 9. The van der Waals surface area contributed by atoms with Crippen molar-refractivity contribution in [1.82, 2.24) is 19.8 Å². The highest BCUT2D eigenvalue weighted by Gasteiger charge is 2.24. The third-order valence-electron chi connectivity index (χ3n) is 8.65. The van der Waals surface area contributed by atoms with Gasteiger partial charge in [0.05, 0.1) is 16.8 Å². The molecule has 10 heteroatoms. The molecule has 0 saturated carbocycles. The van der Waals surface area contributed by atoms with Crippen LogP contribution in [0, 0.1) is 0 Å². The molecule has 242 valence electrons. The van der Waals surface area contributed by atoms with Crippen LogP contribution in [0.15, 0.2) is 96.2 Å². The molecule has 5 aromatic rings. The van der Waals surface area contributed by atoms with Gasteiger partial charge in [-0.25, -0.2) is 9.97 Å². The van der Waals surface area contributed by atoms with E-state index in [2.05, 4.69) is 62.0 Å². The number of benzene rings is 3. The second-order valence-electron chi connectivity index (χ2n) is 11.9. The number of furan rings is 1. The molecule has 2 aromatic heterocycles. The van der Waals surface area contributed by atoms with Crippen LogP contribution in [0.5, 0.6) is 5.75 Å². The molecule has 1 saturated heterocycles. The van der Waals surface area contributed by atoms with Gasteiger partial charge in [0.25, 0.3) is 0 Å². The average molecular weight is 632 g/mol. The van der Waals surface area contributed by atoms with E-state index in [9.17, 15) is 9.90 Å². The van der Waals surface area contributed by atoms with Gasteiger partial charge in [0.15, 0.2) is 0 Å². The molecular formula is C37H41N7O3. The zero-order chi connectivity index (χ0) is 32.8. The van der Waals surface area contributed by atoms with Gasteiger partial charge in [0.2, 0.25) is 11.6 Å². The van der Waals surface area contributed by atoms with Gasteiger partial charge >= 0.3 is 0 Å². The smallest absolute Gasteiger partial charge is 0.247 e. The Morgan fingerprint density at radius 2 is 1.79 bits per heavy atom. The number of phenolic OH excluding ortho intramolecular Hbond substituents is 1. The Balaban J connectivity index is 1.37. The van der Waals surface area contributed by atoms with Crippen molar-refractivity contribution >= 4 is 34.2 Å². The molecule has 1 amide bonds. The summed E-state index contributed by atoms with van der Waals surface area (Å²) in [4.78, 5) is 28.8. The minimum absolute atomic E-state index is 0.242. The molecule has 6 rings (SSSR count). The summed E-state index contributed by atoms with van der Waals surface area (Å²) in [6, 6.07) is 23.2. The monoisotopic (exact) mass is 631 g/mol. The van der Waals surface area contributed by atoms with Crippen LogP contribution < -0.4 is 15.5 Å². The Morgan fingerprint density at radius 3 is 2.53 bits per heavy atom. The fourth-order valence-corrected chi connectivity index (χ4v) is 5.92. The Kier molecular flexibility index (Phi) is 9.80. The van der Waals surface area contributed by atoms with E-state index in [1.165, 1.54) is 12.4 Å². The maximum absolute atomic E-state index is 12.7. The van der Waals surface area contributed by atoms with Crippen molar-refractivity contribution in [3.05, 3.63) is 97.3 Å². The van der Waals surface area contributed by atoms with E-state index in [-0.39, 0.29) is 11.7 Å². The number of hydrogen-bond donors (Lipinski definition) is 3. The summed E-state index contributed by atoms with van der Waals surface area (Å²) in [7, 11) is 4.22. The SMILES string of the molecule is C=CC(=O)Nc1cc(-c2c(-c3ccccc3)oc3ncnc(NCCc4ccc(O)cc4)c23)ccc1N(C)CCN1CCN(C)CC1. The number of fused-ring (bicyclic) bond motifs is 1. The van der Waals surface area contributed by atoms with Gasteiger partial charge in [-0.3, -0.25) is 9.69 Å². The van der Waals surface area contributed by atoms with Crippen LogP contribution in [-0.2, 0) is 11.2 Å². The molecule has 3 N–H and O–H groups in total. The normalized spacial score (nSPS) is 13.8. The lowest BCUT2D eigenvalue weighted by Crippen LogP contribution is -2.46. The number of likely N-dealkylation sites (N-methyl/N-ethyl adjacent to an activating group) is 2. The number of phenols is 1. The molecule has 0 bridgehead atoms. The molecule has 3 heterocycles. The second kappa shape index (κ2) is 14.5. The zero-order valence-corrected chi connectivity index (χ0v) is 26.9. The van der Waals surface area contributed by atoms with Gasteiger partial charge in [0, 0.05) is 64.0 Å². The Labute approximate surface area is 275 Å². The summed E-state index contributed by atoms with van der Waals surface area (Å²) < 4.78 is 6.45. The van der Waals surface area contributed by atoms with Crippen molar-refractivity contribution in [2.75, 3.05) is 75.4 Å². The van der Waals surface area contributed by atoms with Crippen LogP contribution in [0.1, 0.15) is 5.56 Å². The van der Waals surface area contributed by atoms with Crippen LogP contribution in [0.4, 0.5) is 17.2 Å². The topological polar surface area (TPSA) is 110 Å². The number of aromatic nitrogens is 2. The highest BCUT2D eigenvalue weighted by molar-refractivity contribution is 6.08. The van der Waals surface area contributed by atoms with Gasteiger partial charge in [-0.15, -0.1) is 0 Å². The number of nitrogens with zero attached hydrogens (tertiary/aromatic N) is 5. The number of anilines is 3. The number of rotatable bonds is 12. The third-order valence-corrected chi connectivity index (χ3v) is 8.65. The predicted octanol–water partition coefficient (Wildman–Crippen LogP) is 5.73. The van der Waals surface area contributed by atoms with Crippen molar-refractivity contribution < 1.29 is 14.3 Å². The average Bonchev–Trinajstić information content (AvgIpc) is 3.50. The maximum atomic E-state index is 12.7.